The topological polar surface area (TPSA) is 68.0 Å². The Hall–Kier alpha value is -2.73. The molecule has 0 aliphatic rings. The fraction of sp³-hybridized carbons (Fsp3) is 0.308. The van der Waals surface area contributed by atoms with Crippen molar-refractivity contribution >= 4 is 22.5 Å². The number of carbonyl (C=O) groups is 2. The van der Waals surface area contributed by atoms with Crippen LogP contribution in [0.15, 0.2) is 60.7 Å². The molecule has 0 atom stereocenters. The Morgan fingerprint density at radius 3 is 2.00 bits per heavy atom. The summed E-state index contributed by atoms with van der Waals surface area (Å²) in [7, 11) is 0. The smallest absolute Gasteiger partial charge is 0.310 e. The van der Waals surface area contributed by atoms with E-state index >= 15 is 0 Å². The number of quaternary nitrogens is 1. The molecule has 0 radical (unpaired) electrons. The van der Waals surface area contributed by atoms with Crippen molar-refractivity contribution in [2.24, 2.45) is 0 Å². The van der Waals surface area contributed by atoms with Gasteiger partial charge in [0.1, 0.15) is 19.8 Å². The molecular weight excluding hydrogens is 426 g/mol. The van der Waals surface area contributed by atoms with Crippen molar-refractivity contribution < 1.29 is 36.7 Å². The van der Waals surface area contributed by atoms with E-state index in [1.807, 2.05) is 6.07 Å². The van der Waals surface area contributed by atoms with Gasteiger partial charge in [0.2, 0.25) is 0 Å². The normalized spacial score (nSPS) is 10.8. The van der Waals surface area contributed by atoms with Crippen molar-refractivity contribution in [1.29, 1.82) is 0 Å². The molecule has 0 aromatic heterocycles. The number of hydrogen-bond donors (Lipinski definition) is 2. The highest BCUT2D eigenvalue weighted by molar-refractivity contribution is 5.97. The number of carbonyl (C=O) groups excluding carboxylic acids is 2. The van der Waals surface area contributed by atoms with Crippen LogP contribution < -0.4 is 17.3 Å². The molecule has 0 saturated carbocycles. The number of fused-ring (bicyclic) bond motifs is 1. The Bertz CT molecular complexity index is 1050. The molecule has 0 spiro atoms. The van der Waals surface area contributed by atoms with Gasteiger partial charge >= 0.3 is 5.97 Å². The van der Waals surface area contributed by atoms with Gasteiger partial charge in [-0.3, -0.25) is 9.59 Å². The highest BCUT2D eigenvalue weighted by Gasteiger charge is 2.09. The highest BCUT2D eigenvalue weighted by atomic mass is 35.5. The van der Waals surface area contributed by atoms with E-state index in [9.17, 15) is 9.59 Å². The molecule has 32 heavy (non-hydrogen) atoms. The lowest BCUT2D eigenvalue weighted by atomic mass is 10.0. The minimum absolute atomic E-state index is 0. The van der Waals surface area contributed by atoms with Gasteiger partial charge in [0.25, 0.3) is 0 Å². The molecule has 0 amide bonds. The molecule has 3 rings (SSSR count). The number of halogens is 1. The summed E-state index contributed by atoms with van der Waals surface area (Å²) in [5.41, 5.74) is 3.47. The SMILES string of the molecule is CC[NH+](CC)Cc1ccc2cc(COC(=O)Cc3ccc(C(=O)CO)cc3)ccc2c1.[Cl-]. The molecule has 0 bridgehead atoms. The summed E-state index contributed by atoms with van der Waals surface area (Å²) < 4.78 is 5.44. The van der Waals surface area contributed by atoms with Crippen LogP contribution in [0.1, 0.15) is 40.9 Å². The molecule has 0 saturated heterocycles. The first-order valence-electron chi connectivity index (χ1n) is 10.8. The lowest BCUT2D eigenvalue weighted by molar-refractivity contribution is -0.910. The van der Waals surface area contributed by atoms with E-state index < -0.39 is 6.61 Å². The molecule has 0 fully saturated rings. The molecule has 2 N–H and O–H groups in total. The van der Waals surface area contributed by atoms with Crippen LogP contribution in [0.4, 0.5) is 0 Å². The standard InChI is InChI=1S/C26H29NO4.ClH/c1-3-27(4-2)16-20-7-11-24-14-21(8-12-23(24)13-20)18-31-26(30)15-19-5-9-22(10-6-19)25(29)17-28;/h5-14,28H,3-4,15-18H2,1-2H3;1H. The second kappa shape index (κ2) is 12.3. The zero-order valence-corrected chi connectivity index (χ0v) is 19.3. The van der Waals surface area contributed by atoms with Crippen molar-refractivity contribution in [3.05, 3.63) is 82.9 Å². The number of rotatable bonds is 10. The lowest BCUT2D eigenvalue weighted by Gasteiger charge is -2.15. The predicted octanol–water partition coefficient (Wildman–Crippen LogP) is -0.271. The fourth-order valence-electron chi connectivity index (χ4n) is 3.61. The summed E-state index contributed by atoms with van der Waals surface area (Å²) in [5.74, 6) is -0.661. The average Bonchev–Trinajstić information content (AvgIpc) is 2.81. The van der Waals surface area contributed by atoms with Crippen LogP contribution >= 0.6 is 0 Å². The van der Waals surface area contributed by atoms with E-state index in [0.717, 1.165) is 36.1 Å². The number of aliphatic hydroxyl groups excluding tert-OH is 1. The Morgan fingerprint density at radius 2 is 1.41 bits per heavy atom. The van der Waals surface area contributed by atoms with Gasteiger partial charge in [-0.15, -0.1) is 0 Å². The Kier molecular flexibility index (Phi) is 9.85. The molecule has 0 aliphatic carbocycles. The van der Waals surface area contributed by atoms with E-state index in [-0.39, 0.29) is 37.2 Å². The van der Waals surface area contributed by atoms with Crippen LogP contribution in [-0.4, -0.2) is 36.6 Å². The second-order valence-corrected chi connectivity index (χ2v) is 7.77. The number of ketones is 1. The number of Topliss-reactive ketones (excluding diaryl/α,β-unsaturated/α-hetero) is 1. The summed E-state index contributed by atoms with van der Waals surface area (Å²) in [4.78, 5) is 25.2. The molecule has 6 heteroatoms. The number of nitrogens with one attached hydrogen (secondary N) is 1. The van der Waals surface area contributed by atoms with Gasteiger partial charge in [0.15, 0.2) is 5.78 Å². The third-order valence-corrected chi connectivity index (χ3v) is 5.59. The van der Waals surface area contributed by atoms with Crippen molar-refractivity contribution in [2.75, 3.05) is 19.7 Å². The molecule has 170 valence electrons. The van der Waals surface area contributed by atoms with Gasteiger partial charge in [-0.1, -0.05) is 48.5 Å². The van der Waals surface area contributed by atoms with E-state index in [1.54, 1.807) is 29.2 Å². The van der Waals surface area contributed by atoms with Gasteiger partial charge in [-0.05, 0) is 47.9 Å². The molecular formula is C26H30ClNO4. The van der Waals surface area contributed by atoms with Crippen LogP contribution in [0, 0.1) is 0 Å². The molecule has 3 aromatic carbocycles. The van der Waals surface area contributed by atoms with Crippen LogP contribution in [-0.2, 0) is 29.1 Å². The monoisotopic (exact) mass is 455 g/mol. The van der Waals surface area contributed by atoms with E-state index in [0.29, 0.717) is 5.56 Å². The molecule has 0 aliphatic heterocycles. The second-order valence-electron chi connectivity index (χ2n) is 7.77. The van der Waals surface area contributed by atoms with Gasteiger partial charge < -0.3 is 27.2 Å². The summed E-state index contributed by atoms with van der Waals surface area (Å²) in [6, 6.07) is 19.3. The lowest BCUT2D eigenvalue weighted by Crippen LogP contribution is -3.10. The quantitative estimate of drug-likeness (QED) is 0.326. The first kappa shape index (κ1) is 25.5. The van der Waals surface area contributed by atoms with Crippen LogP contribution in [0.5, 0.6) is 0 Å². The molecule has 3 aromatic rings. The summed E-state index contributed by atoms with van der Waals surface area (Å²) in [6.07, 6.45) is 0.137. The van der Waals surface area contributed by atoms with Crippen molar-refractivity contribution in [3.63, 3.8) is 0 Å². The fourth-order valence-corrected chi connectivity index (χ4v) is 3.61. The van der Waals surface area contributed by atoms with Crippen LogP contribution in [0.25, 0.3) is 10.8 Å². The average molecular weight is 456 g/mol. The maximum absolute atomic E-state index is 12.2. The summed E-state index contributed by atoms with van der Waals surface area (Å²) in [6.45, 7) is 7.37. The Morgan fingerprint density at radius 1 is 0.844 bits per heavy atom. The highest BCUT2D eigenvalue weighted by Crippen LogP contribution is 2.19. The summed E-state index contributed by atoms with van der Waals surface area (Å²) in [5, 5.41) is 11.2. The van der Waals surface area contributed by atoms with E-state index in [2.05, 4.69) is 44.2 Å². The van der Waals surface area contributed by atoms with E-state index in [4.69, 9.17) is 9.84 Å². The first-order chi connectivity index (χ1) is 15.0. The largest absolute Gasteiger partial charge is 1.00 e. The maximum Gasteiger partial charge on any atom is 0.310 e. The Balaban J connectivity index is 0.00000363. The molecule has 0 unspecified atom stereocenters. The summed E-state index contributed by atoms with van der Waals surface area (Å²) >= 11 is 0. The zero-order valence-electron chi connectivity index (χ0n) is 18.6. The zero-order chi connectivity index (χ0) is 22.2. The number of hydrogen-bond acceptors (Lipinski definition) is 4. The minimum atomic E-state index is -0.522. The van der Waals surface area contributed by atoms with Crippen molar-refractivity contribution in [3.8, 4) is 0 Å². The van der Waals surface area contributed by atoms with Gasteiger partial charge in [-0.25, -0.2) is 0 Å². The number of esters is 1. The van der Waals surface area contributed by atoms with Crippen LogP contribution in [0.2, 0.25) is 0 Å². The number of benzene rings is 3. The molecule has 0 heterocycles. The van der Waals surface area contributed by atoms with Crippen molar-refractivity contribution in [2.45, 2.75) is 33.4 Å². The number of ether oxygens (including phenoxy) is 1. The van der Waals surface area contributed by atoms with Gasteiger partial charge in [0.05, 0.1) is 19.5 Å². The third-order valence-electron chi connectivity index (χ3n) is 5.59. The number of aliphatic hydroxyl groups is 1. The van der Waals surface area contributed by atoms with Crippen LogP contribution in [0.3, 0.4) is 0 Å². The minimum Gasteiger partial charge on any atom is -1.00 e. The third kappa shape index (κ3) is 6.89. The van der Waals surface area contributed by atoms with Gasteiger partial charge in [-0.2, -0.15) is 0 Å². The first-order valence-corrected chi connectivity index (χ1v) is 10.8. The van der Waals surface area contributed by atoms with E-state index in [1.165, 1.54) is 10.9 Å². The van der Waals surface area contributed by atoms with Crippen molar-refractivity contribution in [1.82, 2.24) is 0 Å². The molecule has 5 nitrogen and oxygen atoms in total. The maximum atomic E-state index is 12.2. The van der Waals surface area contributed by atoms with Gasteiger partial charge in [0, 0.05) is 11.1 Å². The predicted molar refractivity (Wildman–Crippen MR) is 121 cm³/mol. The Labute approximate surface area is 195 Å².